The second-order valence-electron chi connectivity index (χ2n) is 4.51. The van der Waals surface area contributed by atoms with Gasteiger partial charge in [-0.05, 0) is 50.2 Å². The molecule has 0 radical (unpaired) electrons. The van der Waals surface area contributed by atoms with E-state index < -0.39 is 0 Å². The van der Waals surface area contributed by atoms with Crippen molar-refractivity contribution < 1.29 is 4.39 Å². The van der Waals surface area contributed by atoms with E-state index in [4.69, 9.17) is 5.84 Å². The number of hydrogen-bond acceptors (Lipinski definition) is 3. The molecule has 1 aromatic carbocycles. The molecule has 4 heteroatoms. The Hall–Kier alpha value is -0.970. The lowest BCUT2D eigenvalue weighted by atomic mass is 10.0. The van der Waals surface area contributed by atoms with Gasteiger partial charge < -0.3 is 4.90 Å². The van der Waals surface area contributed by atoms with Crippen LogP contribution in [-0.4, -0.2) is 30.6 Å². The molecule has 102 valence electrons. The molecule has 18 heavy (non-hydrogen) atoms. The molecule has 0 saturated heterocycles. The molecule has 1 unspecified atom stereocenters. The number of benzene rings is 1. The van der Waals surface area contributed by atoms with Gasteiger partial charge in [0.05, 0.1) is 0 Å². The van der Waals surface area contributed by atoms with Crippen LogP contribution >= 0.6 is 0 Å². The number of halogens is 1. The minimum atomic E-state index is -0.195. The SMILES string of the molecule is CCN(CC)CCC(Cc1ccc(F)cc1)NN. The monoisotopic (exact) mass is 253 g/mol. The summed E-state index contributed by atoms with van der Waals surface area (Å²) < 4.78 is 12.8. The van der Waals surface area contributed by atoms with Gasteiger partial charge in [-0.15, -0.1) is 0 Å². The zero-order chi connectivity index (χ0) is 13.4. The van der Waals surface area contributed by atoms with Gasteiger partial charge in [0.15, 0.2) is 0 Å². The van der Waals surface area contributed by atoms with Gasteiger partial charge in [-0.25, -0.2) is 4.39 Å². The van der Waals surface area contributed by atoms with Crippen molar-refractivity contribution in [2.75, 3.05) is 19.6 Å². The second-order valence-corrected chi connectivity index (χ2v) is 4.51. The van der Waals surface area contributed by atoms with E-state index >= 15 is 0 Å². The number of nitrogens with two attached hydrogens (primary N) is 1. The van der Waals surface area contributed by atoms with Crippen molar-refractivity contribution in [2.24, 2.45) is 5.84 Å². The van der Waals surface area contributed by atoms with Crippen LogP contribution in [0.4, 0.5) is 4.39 Å². The second kappa shape index (κ2) is 8.19. The normalized spacial score (nSPS) is 12.9. The van der Waals surface area contributed by atoms with Crippen molar-refractivity contribution in [1.82, 2.24) is 10.3 Å². The molecule has 0 spiro atoms. The topological polar surface area (TPSA) is 41.3 Å². The first-order chi connectivity index (χ1) is 8.69. The predicted octanol–water partition coefficient (Wildman–Crippen LogP) is 1.93. The van der Waals surface area contributed by atoms with Crippen molar-refractivity contribution in [3.8, 4) is 0 Å². The highest BCUT2D eigenvalue weighted by atomic mass is 19.1. The van der Waals surface area contributed by atoms with Crippen molar-refractivity contribution in [1.29, 1.82) is 0 Å². The summed E-state index contributed by atoms with van der Waals surface area (Å²) in [6.45, 7) is 7.47. The summed E-state index contributed by atoms with van der Waals surface area (Å²) in [5.41, 5.74) is 3.96. The minimum absolute atomic E-state index is 0.195. The smallest absolute Gasteiger partial charge is 0.123 e. The zero-order valence-electron chi connectivity index (χ0n) is 11.3. The van der Waals surface area contributed by atoms with Crippen LogP contribution in [0.25, 0.3) is 0 Å². The van der Waals surface area contributed by atoms with Gasteiger partial charge in [0.2, 0.25) is 0 Å². The van der Waals surface area contributed by atoms with Crippen molar-refractivity contribution >= 4 is 0 Å². The first kappa shape index (κ1) is 15.1. The third kappa shape index (κ3) is 5.12. The van der Waals surface area contributed by atoms with E-state index in [1.54, 1.807) is 0 Å². The van der Waals surface area contributed by atoms with Crippen LogP contribution in [0.1, 0.15) is 25.8 Å². The lowest BCUT2D eigenvalue weighted by Crippen LogP contribution is -2.39. The average molecular weight is 253 g/mol. The molecule has 3 N–H and O–H groups in total. The van der Waals surface area contributed by atoms with Gasteiger partial charge in [0, 0.05) is 6.04 Å². The number of hydrazine groups is 1. The van der Waals surface area contributed by atoms with Crippen molar-refractivity contribution in [3.63, 3.8) is 0 Å². The predicted molar refractivity (Wildman–Crippen MR) is 73.6 cm³/mol. The van der Waals surface area contributed by atoms with Crippen LogP contribution in [0, 0.1) is 5.82 Å². The maximum atomic E-state index is 12.8. The fraction of sp³-hybridized carbons (Fsp3) is 0.571. The van der Waals surface area contributed by atoms with E-state index in [0.717, 1.165) is 38.0 Å². The fourth-order valence-electron chi connectivity index (χ4n) is 2.03. The van der Waals surface area contributed by atoms with Crippen molar-refractivity contribution in [3.05, 3.63) is 35.6 Å². The Labute approximate surface area is 109 Å². The number of hydrogen-bond donors (Lipinski definition) is 2. The zero-order valence-corrected chi connectivity index (χ0v) is 11.3. The molecule has 1 aromatic rings. The number of nitrogens with zero attached hydrogens (tertiary/aromatic N) is 1. The summed E-state index contributed by atoms with van der Waals surface area (Å²) in [5.74, 6) is 5.38. The molecule has 0 heterocycles. The maximum absolute atomic E-state index is 12.8. The highest BCUT2D eigenvalue weighted by Gasteiger charge is 2.09. The summed E-state index contributed by atoms with van der Waals surface area (Å²) in [4.78, 5) is 2.37. The molecule has 0 aliphatic heterocycles. The highest BCUT2D eigenvalue weighted by Crippen LogP contribution is 2.08. The Morgan fingerprint density at radius 2 is 1.83 bits per heavy atom. The van der Waals surface area contributed by atoms with Gasteiger partial charge in [-0.2, -0.15) is 0 Å². The summed E-state index contributed by atoms with van der Waals surface area (Å²) >= 11 is 0. The number of rotatable bonds is 8. The third-order valence-corrected chi connectivity index (χ3v) is 3.32. The average Bonchev–Trinajstić information content (AvgIpc) is 2.40. The minimum Gasteiger partial charge on any atom is -0.304 e. The van der Waals surface area contributed by atoms with Gasteiger partial charge in [-0.1, -0.05) is 26.0 Å². The van der Waals surface area contributed by atoms with Gasteiger partial charge in [0.25, 0.3) is 0 Å². The summed E-state index contributed by atoms with van der Waals surface area (Å²) in [5, 5.41) is 0. The molecule has 3 nitrogen and oxygen atoms in total. The van der Waals surface area contributed by atoms with Crippen molar-refractivity contribution in [2.45, 2.75) is 32.7 Å². The van der Waals surface area contributed by atoms with Crippen LogP contribution in [0.15, 0.2) is 24.3 Å². The molecule has 0 bridgehead atoms. The Bertz CT molecular complexity index is 322. The van der Waals surface area contributed by atoms with Crippen LogP contribution in [0.5, 0.6) is 0 Å². The lowest BCUT2D eigenvalue weighted by Gasteiger charge is -2.22. The Morgan fingerprint density at radius 3 is 2.33 bits per heavy atom. The van der Waals surface area contributed by atoms with E-state index in [9.17, 15) is 4.39 Å². The fourth-order valence-corrected chi connectivity index (χ4v) is 2.03. The molecule has 0 aliphatic rings. The number of nitrogens with one attached hydrogen (secondary N) is 1. The lowest BCUT2D eigenvalue weighted by molar-refractivity contribution is 0.281. The maximum Gasteiger partial charge on any atom is 0.123 e. The molecule has 0 fully saturated rings. The summed E-state index contributed by atoms with van der Waals surface area (Å²) in [7, 11) is 0. The van der Waals surface area contributed by atoms with E-state index in [1.165, 1.54) is 12.1 Å². The quantitative estimate of drug-likeness (QED) is 0.549. The van der Waals surface area contributed by atoms with Gasteiger partial charge >= 0.3 is 0 Å². The third-order valence-electron chi connectivity index (χ3n) is 3.32. The van der Waals surface area contributed by atoms with E-state index in [1.807, 2.05) is 12.1 Å². The first-order valence-electron chi connectivity index (χ1n) is 6.62. The molecule has 1 atom stereocenters. The Balaban J connectivity index is 2.44. The Kier molecular flexibility index (Phi) is 6.86. The summed E-state index contributed by atoms with van der Waals surface area (Å²) in [6.07, 6.45) is 1.83. The van der Waals surface area contributed by atoms with Crippen LogP contribution < -0.4 is 11.3 Å². The Morgan fingerprint density at radius 1 is 1.22 bits per heavy atom. The highest BCUT2D eigenvalue weighted by molar-refractivity contribution is 5.17. The van der Waals surface area contributed by atoms with E-state index in [2.05, 4.69) is 24.2 Å². The molecule has 0 amide bonds. The van der Waals surface area contributed by atoms with Gasteiger partial charge in [0.1, 0.15) is 5.82 Å². The van der Waals surface area contributed by atoms with E-state index in [0.29, 0.717) is 0 Å². The molecule has 0 aliphatic carbocycles. The van der Waals surface area contributed by atoms with E-state index in [-0.39, 0.29) is 11.9 Å². The molecular weight excluding hydrogens is 229 g/mol. The van der Waals surface area contributed by atoms with Crippen LogP contribution in [0.2, 0.25) is 0 Å². The summed E-state index contributed by atoms with van der Waals surface area (Å²) in [6, 6.07) is 6.85. The molecule has 1 rings (SSSR count). The molecule has 0 aromatic heterocycles. The largest absolute Gasteiger partial charge is 0.304 e. The van der Waals surface area contributed by atoms with Crippen LogP contribution in [-0.2, 0) is 6.42 Å². The standard InChI is InChI=1S/C14H24FN3/c1-3-18(4-2)10-9-14(17-16)11-12-5-7-13(15)8-6-12/h5-8,14,17H,3-4,9-11,16H2,1-2H3. The first-order valence-corrected chi connectivity index (χ1v) is 6.62. The molecular formula is C14H24FN3. The van der Waals surface area contributed by atoms with Crippen LogP contribution in [0.3, 0.4) is 0 Å². The van der Waals surface area contributed by atoms with Gasteiger partial charge in [-0.3, -0.25) is 11.3 Å². The molecule has 0 saturated carbocycles.